The first-order chi connectivity index (χ1) is 13.1. The quantitative estimate of drug-likeness (QED) is 0.735. The van der Waals surface area contributed by atoms with Gasteiger partial charge in [-0.1, -0.05) is 12.8 Å². The van der Waals surface area contributed by atoms with E-state index < -0.39 is 0 Å². The summed E-state index contributed by atoms with van der Waals surface area (Å²) in [7, 11) is 1.56. The lowest BCUT2D eigenvalue weighted by molar-refractivity contribution is 0.0936. The molecule has 1 heterocycles. The summed E-state index contributed by atoms with van der Waals surface area (Å²) in [5, 5.41) is 11.3. The predicted octanol–water partition coefficient (Wildman–Crippen LogP) is 2.23. The standard InChI is InChI=1S/C19H27N5O3/c1-13(18-23-21-12-24(18)15-5-3-4-6-15)22-19(25)14-7-8-16(26-2)17(11-14)27-10-9-20/h7-8,11-13,15H,3-6,9-10,20H2,1-2H3,(H,22,25)/t13-/m1/s1. The van der Waals surface area contributed by atoms with Crippen molar-refractivity contribution >= 4 is 5.91 Å². The van der Waals surface area contributed by atoms with Gasteiger partial charge in [0.1, 0.15) is 12.9 Å². The van der Waals surface area contributed by atoms with Crippen LogP contribution in [-0.2, 0) is 0 Å². The number of nitrogens with zero attached hydrogens (tertiary/aromatic N) is 3. The Hall–Kier alpha value is -2.61. The van der Waals surface area contributed by atoms with Crippen molar-refractivity contribution in [2.45, 2.75) is 44.7 Å². The van der Waals surface area contributed by atoms with Crippen LogP contribution in [0.5, 0.6) is 11.5 Å². The fraction of sp³-hybridized carbons (Fsp3) is 0.526. The number of rotatable bonds is 8. The van der Waals surface area contributed by atoms with E-state index in [1.54, 1.807) is 31.6 Å². The van der Waals surface area contributed by atoms with Gasteiger partial charge in [0, 0.05) is 18.2 Å². The number of hydrogen-bond acceptors (Lipinski definition) is 6. The third kappa shape index (κ3) is 4.39. The first kappa shape index (κ1) is 19.2. The van der Waals surface area contributed by atoms with Crippen LogP contribution in [0.2, 0.25) is 0 Å². The molecule has 1 aromatic heterocycles. The van der Waals surface area contributed by atoms with Crippen LogP contribution < -0.4 is 20.5 Å². The molecule has 1 atom stereocenters. The molecule has 1 fully saturated rings. The zero-order valence-corrected chi connectivity index (χ0v) is 15.9. The van der Waals surface area contributed by atoms with Gasteiger partial charge in [-0.25, -0.2) is 0 Å². The Kier molecular flexibility index (Phi) is 6.28. The molecule has 0 spiro atoms. The molecule has 1 amide bonds. The van der Waals surface area contributed by atoms with E-state index in [1.807, 2.05) is 6.92 Å². The van der Waals surface area contributed by atoms with Crippen molar-refractivity contribution < 1.29 is 14.3 Å². The van der Waals surface area contributed by atoms with Crippen LogP contribution in [0.25, 0.3) is 0 Å². The molecular weight excluding hydrogens is 346 g/mol. The van der Waals surface area contributed by atoms with E-state index in [-0.39, 0.29) is 11.9 Å². The van der Waals surface area contributed by atoms with Crippen molar-refractivity contribution in [3.8, 4) is 11.5 Å². The molecule has 8 heteroatoms. The monoisotopic (exact) mass is 373 g/mol. The summed E-state index contributed by atoms with van der Waals surface area (Å²) >= 11 is 0. The molecule has 0 unspecified atom stereocenters. The average Bonchev–Trinajstić information content (AvgIpc) is 3.36. The van der Waals surface area contributed by atoms with Crippen LogP contribution in [0, 0.1) is 0 Å². The lowest BCUT2D eigenvalue weighted by Crippen LogP contribution is -2.29. The van der Waals surface area contributed by atoms with Crippen LogP contribution in [0.4, 0.5) is 0 Å². The summed E-state index contributed by atoms with van der Waals surface area (Å²) < 4.78 is 12.9. The number of aromatic nitrogens is 3. The minimum atomic E-state index is -0.254. The number of carbonyl (C=O) groups is 1. The highest BCUT2D eigenvalue weighted by atomic mass is 16.5. The zero-order chi connectivity index (χ0) is 19.2. The number of carbonyl (C=O) groups excluding carboxylic acids is 1. The maximum atomic E-state index is 12.7. The fourth-order valence-electron chi connectivity index (χ4n) is 3.47. The molecule has 3 rings (SSSR count). The lowest BCUT2D eigenvalue weighted by atomic mass is 10.1. The Labute approximate surface area is 159 Å². The molecule has 146 valence electrons. The largest absolute Gasteiger partial charge is 0.493 e. The number of ether oxygens (including phenoxy) is 2. The lowest BCUT2D eigenvalue weighted by Gasteiger charge is -2.19. The van der Waals surface area contributed by atoms with Gasteiger partial charge in [0.15, 0.2) is 17.3 Å². The number of methoxy groups -OCH3 is 1. The van der Waals surface area contributed by atoms with Crippen molar-refractivity contribution in [3.05, 3.63) is 35.9 Å². The number of hydrogen-bond donors (Lipinski definition) is 2. The molecule has 2 aromatic rings. The summed E-state index contributed by atoms with van der Waals surface area (Å²) in [5.74, 6) is 1.64. The Morgan fingerprint density at radius 1 is 1.37 bits per heavy atom. The SMILES string of the molecule is COc1ccc(C(=O)N[C@H](C)c2nncn2C2CCCC2)cc1OCCN. The van der Waals surface area contributed by atoms with E-state index >= 15 is 0 Å². The third-order valence-corrected chi connectivity index (χ3v) is 4.85. The second-order valence-corrected chi connectivity index (χ2v) is 6.73. The van der Waals surface area contributed by atoms with Crippen molar-refractivity contribution in [2.75, 3.05) is 20.3 Å². The van der Waals surface area contributed by atoms with Gasteiger partial charge >= 0.3 is 0 Å². The highest BCUT2D eigenvalue weighted by Gasteiger charge is 2.24. The zero-order valence-electron chi connectivity index (χ0n) is 15.9. The van der Waals surface area contributed by atoms with Crippen molar-refractivity contribution in [1.29, 1.82) is 0 Å². The smallest absolute Gasteiger partial charge is 0.252 e. The van der Waals surface area contributed by atoms with E-state index in [2.05, 4.69) is 20.1 Å². The second-order valence-electron chi connectivity index (χ2n) is 6.73. The van der Waals surface area contributed by atoms with Crippen LogP contribution in [0.1, 0.15) is 60.9 Å². The van der Waals surface area contributed by atoms with Gasteiger partial charge in [0.25, 0.3) is 5.91 Å². The molecule has 0 bridgehead atoms. The normalized spacial score (nSPS) is 15.5. The summed E-state index contributed by atoms with van der Waals surface area (Å²) in [4.78, 5) is 12.7. The van der Waals surface area contributed by atoms with E-state index in [0.717, 1.165) is 18.7 Å². The minimum Gasteiger partial charge on any atom is -0.493 e. The van der Waals surface area contributed by atoms with Gasteiger partial charge in [0.2, 0.25) is 0 Å². The maximum absolute atomic E-state index is 12.7. The molecule has 1 aliphatic carbocycles. The first-order valence-corrected chi connectivity index (χ1v) is 9.35. The van der Waals surface area contributed by atoms with Crippen LogP contribution >= 0.6 is 0 Å². The Balaban J connectivity index is 1.72. The van der Waals surface area contributed by atoms with Crippen LogP contribution in [0.15, 0.2) is 24.5 Å². The van der Waals surface area contributed by atoms with Crippen LogP contribution in [-0.4, -0.2) is 40.9 Å². The molecule has 0 aliphatic heterocycles. The minimum absolute atomic E-state index is 0.205. The Bertz CT molecular complexity index is 770. The van der Waals surface area contributed by atoms with E-state index in [0.29, 0.717) is 36.3 Å². The molecule has 0 radical (unpaired) electrons. The maximum Gasteiger partial charge on any atom is 0.252 e. The third-order valence-electron chi connectivity index (χ3n) is 4.85. The number of nitrogens with one attached hydrogen (secondary N) is 1. The molecule has 1 aromatic carbocycles. The number of benzene rings is 1. The summed E-state index contributed by atoms with van der Waals surface area (Å²) in [5.41, 5.74) is 5.98. The molecule has 3 N–H and O–H groups in total. The molecule has 27 heavy (non-hydrogen) atoms. The molecule has 0 saturated heterocycles. The van der Waals surface area contributed by atoms with E-state index in [4.69, 9.17) is 15.2 Å². The van der Waals surface area contributed by atoms with Gasteiger partial charge in [-0.15, -0.1) is 10.2 Å². The Morgan fingerprint density at radius 3 is 2.85 bits per heavy atom. The van der Waals surface area contributed by atoms with Gasteiger partial charge in [-0.3, -0.25) is 4.79 Å². The average molecular weight is 373 g/mol. The summed E-state index contributed by atoms with van der Waals surface area (Å²) in [6.07, 6.45) is 6.47. The summed E-state index contributed by atoms with van der Waals surface area (Å²) in [6, 6.07) is 5.26. The molecule has 1 aliphatic rings. The topological polar surface area (TPSA) is 104 Å². The van der Waals surface area contributed by atoms with Gasteiger partial charge in [-0.2, -0.15) is 0 Å². The molecule has 8 nitrogen and oxygen atoms in total. The fourth-order valence-corrected chi connectivity index (χ4v) is 3.47. The van der Waals surface area contributed by atoms with Gasteiger partial charge in [-0.05, 0) is 38.0 Å². The Morgan fingerprint density at radius 2 is 2.15 bits per heavy atom. The van der Waals surface area contributed by atoms with E-state index in [9.17, 15) is 4.79 Å². The number of nitrogens with two attached hydrogens (primary N) is 1. The van der Waals surface area contributed by atoms with Crippen molar-refractivity contribution in [3.63, 3.8) is 0 Å². The molecule has 1 saturated carbocycles. The van der Waals surface area contributed by atoms with Crippen molar-refractivity contribution in [2.24, 2.45) is 5.73 Å². The molecular formula is C19H27N5O3. The van der Waals surface area contributed by atoms with E-state index in [1.165, 1.54) is 12.8 Å². The van der Waals surface area contributed by atoms with Gasteiger partial charge < -0.3 is 25.1 Å². The second kappa shape index (κ2) is 8.85. The predicted molar refractivity (Wildman–Crippen MR) is 101 cm³/mol. The van der Waals surface area contributed by atoms with Crippen LogP contribution in [0.3, 0.4) is 0 Å². The summed E-state index contributed by atoms with van der Waals surface area (Å²) in [6.45, 7) is 2.65. The van der Waals surface area contributed by atoms with Crippen molar-refractivity contribution in [1.82, 2.24) is 20.1 Å². The first-order valence-electron chi connectivity index (χ1n) is 9.35. The highest BCUT2D eigenvalue weighted by Crippen LogP contribution is 2.31. The highest BCUT2D eigenvalue weighted by molar-refractivity contribution is 5.95. The van der Waals surface area contributed by atoms with Gasteiger partial charge in [0.05, 0.1) is 13.2 Å². The number of amides is 1.